The van der Waals surface area contributed by atoms with E-state index in [9.17, 15) is 5.26 Å². The molecule has 86 heavy (non-hydrogen) atoms. The van der Waals surface area contributed by atoms with Gasteiger partial charge >= 0.3 is 12.4 Å². The Kier molecular flexibility index (Phi) is 13.3. The molecule has 422 valence electrons. The van der Waals surface area contributed by atoms with Gasteiger partial charge in [-0.05, 0) is 196 Å². The minimum absolute atomic E-state index is 0.0618. The summed E-state index contributed by atoms with van der Waals surface area (Å²) in [4.78, 5) is 0. The fourth-order valence-electron chi connectivity index (χ4n) is 13.3. The molecule has 0 saturated carbocycles. The Morgan fingerprint density at radius 2 is 0.605 bits per heavy atom. The molecular formula is C77H57F6N3. The van der Waals surface area contributed by atoms with Crippen LogP contribution in [0.25, 0.3) is 122 Å². The Hall–Kier alpha value is -9.91. The summed E-state index contributed by atoms with van der Waals surface area (Å²) >= 11 is 0. The lowest BCUT2D eigenvalue weighted by Crippen LogP contribution is -2.11. The van der Waals surface area contributed by atoms with Crippen molar-refractivity contribution in [2.24, 2.45) is 0 Å². The van der Waals surface area contributed by atoms with E-state index < -0.39 is 23.5 Å². The van der Waals surface area contributed by atoms with Crippen LogP contribution in [-0.4, -0.2) is 9.13 Å². The van der Waals surface area contributed by atoms with Gasteiger partial charge in [0.15, 0.2) is 0 Å². The van der Waals surface area contributed by atoms with Crippen molar-refractivity contribution in [3.8, 4) is 84.2 Å². The van der Waals surface area contributed by atoms with E-state index in [1.807, 2.05) is 41.0 Å². The first-order chi connectivity index (χ1) is 41.1. The van der Waals surface area contributed by atoms with Crippen molar-refractivity contribution in [3.05, 3.63) is 261 Å². The minimum atomic E-state index is -5.15. The molecule has 0 radical (unpaired) electrons. The molecule has 13 aromatic rings. The molecule has 0 atom stereocenters. The molecule has 11 aromatic carbocycles. The molecular weight excluding hydrogens is 1080 g/mol. The molecule has 0 fully saturated rings. The first-order valence-electron chi connectivity index (χ1n) is 28.5. The predicted molar refractivity (Wildman–Crippen MR) is 340 cm³/mol. The van der Waals surface area contributed by atoms with Gasteiger partial charge in [-0.1, -0.05) is 160 Å². The molecule has 0 aliphatic heterocycles. The Morgan fingerprint density at radius 1 is 0.302 bits per heavy atom. The largest absolute Gasteiger partial charge is 0.416 e. The zero-order valence-corrected chi connectivity index (χ0v) is 48.7. The van der Waals surface area contributed by atoms with Crippen LogP contribution in [0.5, 0.6) is 0 Å². The third-order valence-corrected chi connectivity index (χ3v) is 16.6. The lowest BCUT2D eigenvalue weighted by molar-refractivity contribution is -0.143. The van der Waals surface area contributed by atoms with E-state index in [4.69, 9.17) is 0 Å². The normalized spacial score (nSPS) is 12.1. The minimum Gasteiger partial charge on any atom is -0.309 e. The van der Waals surface area contributed by atoms with E-state index in [0.717, 1.165) is 145 Å². The molecule has 9 heteroatoms. The standard InChI is InChI=1S/C77H57F6N3/c1-43-23-44(2)28-56(27-43)51-15-19-68-64(37-51)65-38-52(57-29-45(3)24-46(4)30-57)16-20-69(65)85(68)72-13-9-11-55(42-84)74(72)75-63(60-35-61(76(78,79)80)41-62(36-60)77(81,82)83)12-10-14-73(75)86-70-21-17-53(58-31-47(5)25-48(6)32-58)39-66(70)67-40-54(18-22-71(67)86)59-33-49(7)26-50(8)34-59/h9-41H,1-8H3. The molecule has 2 heterocycles. The van der Waals surface area contributed by atoms with E-state index in [0.29, 0.717) is 16.9 Å². The summed E-state index contributed by atoms with van der Waals surface area (Å²) in [6.45, 7) is 16.5. The highest BCUT2D eigenvalue weighted by Crippen LogP contribution is 2.49. The van der Waals surface area contributed by atoms with Gasteiger partial charge < -0.3 is 9.13 Å². The van der Waals surface area contributed by atoms with Gasteiger partial charge in [-0.3, -0.25) is 0 Å². The molecule has 13 rings (SSSR count). The van der Waals surface area contributed by atoms with Gasteiger partial charge in [-0.15, -0.1) is 0 Å². The van der Waals surface area contributed by atoms with Gasteiger partial charge in [-0.25, -0.2) is 0 Å². The predicted octanol–water partition coefficient (Wildman–Crippen LogP) is 22.3. The van der Waals surface area contributed by atoms with Crippen molar-refractivity contribution >= 4 is 43.6 Å². The van der Waals surface area contributed by atoms with Crippen molar-refractivity contribution in [3.63, 3.8) is 0 Å². The van der Waals surface area contributed by atoms with Crippen molar-refractivity contribution in [1.82, 2.24) is 9.13 Å². The number of alkyl halides is 6. The highest BCUT2D eigenvalue weighted by atomic mass is 19.4. The van der Waals surface area contributed by atoms with Crippen LogP contribution in [0.1, 0.15) is 61.2 Å². The number of nitrogens with zero attached hydrogens (tertiary/aromatic N) is 3. The quantitative estimate of drug-likeness (QED) is 0.140. The van der Waals surface area contributed by atoms with Gasteiger partial charge in [0.05, 0.1) is 56.2 Å². The molecule has 0 saturated heterocycles. The number of aromatic nitrogens is 2. The van der Waals surface area contributed by atoms with Crippen molar-refractivity contribution in [2.75, 3.05) is 0 Å². The van der Waals surface area contributed by atoms with E-state index in [2.05, 4.69) is 187 Å². The van der Waals surface area contributed by atoms with Crippen LogP contribution in [0.3, 0.4) is 0 Å². The Bertz CT molecular complexity index is 4690. The Labute approximate surface area is 495 Å². The summed E-state index contributed by atoms with van der Waals surface area (Å²) in [6, 6.07) is 65.4. The van der Waals surface area contributed by atoms with E-state index in [-0.39, 0.29) is 28.3 Å². The molecule has 0 spiro atoms. The lowest BCUT2D eigenvalue weighted by atomic mass is 9.87. The molecule has 0 aliphatic carbocycles. The number of rotatable bonds is 8. The Morgan fingerprint density at radius 3 is 0.907 bits per heavy atom. The maximum atomic E-state index is 15.1. The highest BCUT2D eigenvalue weighted by molar-refractivity contribution is 6.15. The topological polar surface area (TPSA) is 33.6 Å². The number of hydrogen-bond donors (Lipinski definition) is 0. The highest BCUT2D eigenvalue weighted by Gasteiger charge is 2.38. The van der Waals surface area contributed by atoms with Crippen LogP contribution in [-0.2, 0) is 12.4 Å². The number of halogens is 6. The fourth-order valence-corrected chi connectivity index (χ4v) is 13.3. The monoisotopic (exact) mass is 1140 g/mol. The first-order valence-corrected chi connectivity index (χ1v) is 28.5. The van der Waals surface area contributed by atoms with Gasteiger partial charge in [0.1, 0.15) is 0 Å². The zero-order valence-electron chi connectivity index (χ0n) is 48.7. The molecule has 2 aromatic heterocycles. The maximum absolute atomic E-state index is 15.1. The number of nitriles is 1. The average Bonchev–Trinajstić information content (AvgIpc) is 1.56. The van der Waals surface area contributed by atoms with Crippen LogP contribution in [0.4, 0.5) is 26.3 Å². The molecule has 0 aliphatic rings. The molecule has 0 N–H and O–H groups in total. The van der Waals surface area contributed by atoms with Crippen LogP contribution in [0.15, 0.2) is 200 Å². The third kappa shape index (κ3) is 9.89. The van der Waals surface area contributed by atoms with Crippen molar-refractivity contribution in [2.45, 2.75) is 67.7 Å². The number of hydrogen-bond acceptors (Lipinski definition) is 1. The summed E-state index contributed by atoms with van der Waals surface area (Å²) < 4.78 is 94.9. The second-order valence-corrected chi connectivity index (χ2v) is 23.4. The summed E-state index contributed by atoms with van der Waals surface area (Å²) in [5.74, 6) is 0. The van der Waals surface area contributed by atoms with Crippen molar-refractivity contribution in [1.29, 1.82) is 5.26 Å². The average molecular weight is 1140 g/mol. The van der Waals surface area contributed by atoms with Gasteiger partial charge in [0.25, 0.3) is 0 Å². The SMILES string of the molecule is Cc1cc(C)cc(-c2ccc3c(c2)c2cc(-c4cc(C)cc(C)c4)ccc2n3-c2cccc(C#N)c2-c2c(-c3cc(C(F)(F)F)cc(C(F)(F)F)c3)cccc2-n2c3ccc(-c4cc(C)cc(C)c4)cc3c3cc(-c4cc(C)cc(C)c4)ccc32)c1. The summed E-state index contributed by atoms with van der Waals surface area (Å²) in [5.41, 5.74) is 18.3. The molecule has 0 bridgehead atoms. The number of fused-ring (bicyclic) bond motifs is 6. The van der Waals surface area contributed by atoms with Crippen LogP contribution >= 0.6 is 0 Å². The Balaban J connectivity index is 1.17. The summed E-state index contributed by atoms with van der Waals surface area (Å²) in [5, 5.41) is 15.1. The first kappa shape index (κ1) is 55.3. The number of aryl methyl sites for hydroxylation is 8. The van der Waals surface area contributed by atoms with Crippen LogP contribution in [0.2, 0.25) is 0 Å². The second-order valence-electron chi connectivity index (χ2n) is 23.4. The molecule has 0 unspecified atom stereocenters. The second kappa shape index (κ2) is 20.7. The maximum Gasteiger partial charge on any atom is 0.416 e. The number of benzene rings is 11. The van der Waals surface area contributed by atoms with Gasteiger partial charge in [0.2, 0.25) is 0 Å². The molecule has 3 nitrogen and oxygen atoms in total. The van der Waals surface area contributed by atoms with Gasteiger partial charge in [0, 0.05) is 32.7 Å². The lowest BCUT2D eigenvalue weighted by Gasteiger charge is -2.23. The van der Waals surface area contributed by atoms with E-state index in [1.165, 1.54) is 0 Å². The van der Waals surface area contributed by atoms with Crippen LogP contribution in [0, 0.1) is 66.7 Å². The zero-order chi connectivity index (χ0) is 60.2. The third-order valence-electron chi connectivity index (χ3n) is 16.6. The molecule has 0 amide bonds. The van der Waals surface area contributed by atoms with E-state index in [1.54, 1.807) is 24.3 Å². The smallest absolute Gasteiger partial charge is 0.309 e. The van der Waals surface area contributed by atoms with Gasteiger partial charge in [-0.2, -0.15) is 31.6 Å². The summed E-state index contributed by atoms with van der Waals surface area (Å²) in [6.07, 6.45) is -10.3. The summed E-state index contributed by atoms with van der Waals surface area (Å²) in [7, 11) is 0. The fraction of sp³-hybridized carbons (Fsp3) is 0.130. The van der Waals surface area contributed by atoms with Crippen LogP contribution < -0.4 is 0 Å². The van der Waals surface area contributed by atoms with Crippen molar-refractivity contribution < 1.29 is 26.3 Å². The van der Waals surface area contributed by atoms with E-state index >= 15 is 26.3 Å².